The fraction of sp³-hybridized carbons (Fsp3) is 0.577. The molecule has 0 radical (unpaired) electrons. The number of nitrogens with one attached hydrogen (secondary N) is 6. The largest absolute Gasteiger partial charge is 0.445 e. The molecule has 5 amide bonds. The fourth-order valence-corrected chi connectivity index (χ4v) is 3.47. The van der Waals surface area contributed by atoms with Crippen LogP contribution in [0.15, 0.2) is 30.3 Å². The van der Waals surface area contributed by atoms with Gasteiger partial charge in [-0.15, -0.1) is 0 Å². The van der Waals surface area contributed by atoms with Crippen LogP contribution in [0.25, 0.3) is 0 Å². The summed E-state index contributed by atoms with van der Waals surface area (Å²) < 4.78 is 5.17. The zero-order chi connectivity index (χ0) is 29.8. The second-order valence-corrected chi connectivity index (χ2v) is 8.96. The predicted molar refractivity (Wildman–Crippen MR) is 146 cm³/mol. The average Bonchev–Trinajstić information content (AvgIpc) is 2.97. The van der Waals surface area contributed by atoms with Crippen molar-refractivity contribution in [2.24, 2.45) is 0 Å². The summed E-state index contributed by atoms with van der Waals surface area (Å²) >= 11 is 0. The van der Waals surface area contributed by atoms with Gasteiger partial charge in [-0.2, -0.15) is 0 Å². The van der Waals surface area contributed by atoms with Crippen LogP contribution in [0.4, 0.5) is 4.79 Å². The van der Waals surface area contributed by atoms with Gasteiger partial charge in [-0.05, 0) is 38.3 Å². The van der Waals surface area contributed by atoms with E-state index in [0.717, 1.165) is 5.56 Å². The molecule has 0 fully saturated rings. The smallest absolute Gasteiger partial charge is 0.408 e. The van der Waals surface area contributed by atoms with E-state index in [9.17, 15) is 29.1 Å². The molecule has 0 spiro atoms. The van der Waals surface area contributed by atoms with Gasteiger partial charge in [-0.25, -0.2) is 4.79 Å². The van der Waals surface area contributed by atoms with Crippen LogP contribution >= 0.6 is 0 Å². The van der Waals surface area contributed by atoms with E-state index in [-0.39, 0.29) is 43.8 Å². The Labute approximate surface area is 234 Å². The van der Waals surface area contributed by atoms with Crippen LogP contribution in [0, 0.1) is 0 Å². The molecule has 0 aliphatic rings. The zero-order valence-electron chi connectivity index (χ0n) is 23.0. The summed E-state index contributed by atoms with van der Waals surface area (Å²) in [5, 5.41) is 33.6. The molecule has 1 aromatic rings. The molecule has 14 nitrogen and oxygen atoms in total. The topological polar surface area (TPSA) is 207 Å². The van der Waals surface area contributed by atoms with Crippen LogP contribution in [-0.4, -0.2) is 98.5 Å². The van der Waals surface area contributed by atoms with Crippen molar-refractivity contribution in [2.45, 2.75) is 56.9 Å². The monoisotopic (exact) mass is 566 g/mol. The van der Waals surface area contributed by atoms with Gasteiger partial charge in [0.2, 0.25) is 23.6 Å². The lowest BCUT2D eigenvalue weighted by atomic mass is 10.1. The van der Waals surface area contributed by atoms with Crippen LogP contribution in [0.5, 0.6) is 0 Å². The van der Waals surface area contributed by atoms with E-state index < -0.39 is 43.2 Å². The van der Waals surface area contributed by atoms with Crippen LogP contribution in [0.2, 0.25) is 0 Å². The van der Waals surface area contributed by atoms with Gasteiger partial charge in [0.15, 0.2) is 0 Å². The fourth-order valence-electron chi connectivity index (χ4n) is 3.47. The third kappa shape index (κ3) is 15.0. The van der Waals surface area contributed by atoms with Gasteiger partial charge >= 0.3 is 6.09 Å². The number of ether oxygens (including phenoxy) is 1. The van der Waals surface area contributed by atoms with Crippen molar-refractivity contribution in [3.63, 3.8) is 0 Å². The first-order chi connectivity index (χ1) is 19.2. The highest BCUT2D eigenvalue weighted by molar-refractivity contribution is 5.90. The summed E-state index contributed by atoms with van der Waals surface area (Å²) in [4.78, 5) is 61.0. The third-order valence-electron chi connectivity index (χ3n) is 5.80. The quantitative estimate of drug-likeness (QED) is 0.0894. The van der Waals surface area contributed by atoms with Gasteiger partial charge < -0.3 is 46.9 Å². The van der Waals surface area contributed by atoms with Crippen molar-refractivity contribution in [1.29, 1.82) is 0 Å². The standard InChI is InChI=1S/C26H42N6O8/c1-27-20(24(37)28-2)10-6-7-13-29-22(35)12-11-21(25(38)31-15-23(36)30-14-19(34)16-33)32-26(39)40-17-18-8-4-3-5-9-18/h3-5,8-9,19-21,27,33-34H,6-7,10-17H2,1-2H3,(H,28,37)(H,29,35)(H,30,36)(H,31,38)(H,32,39)/t19?,20?,21-/m0/s1. The van der Waals surface area contributed by atoms with Crippen molar-refractivity contribution < 1.29 is 38.9 Å². The Morgan fingerprint density at radius 3 is 2.25 bits per heavy atom. The van der Waals surface area contributed by atoms with Crippen LogP contribution in [0.1, 0.15) is 37.7 Å². The first-order valence-corrected chi connectivity index (χ1v) is 13.2. The van der Waals surface area contributed by atoms with Crippen LogP contribution in [-0.2, 0) is 30.5 Å². The van der Waals surface area contributed by atoms with Crippen molar-refractivity contribution in [2.75, 3.05) is 40.3 Å². The van der Waals surface area contributed by atoms with Crippen molar-refractivity contribution in [3.8, 4) is 0 Å². The number of hydrogen-bond acceptors (Lipinski definition) is 9. The van der Waals surface area contributed by atoms with Gasteiger partial charge in [-0.3, -0.25) is 19.2 Å². The first-order valence-electron chi connectivity index (χ1n) is 13.2. The molecular weight excluding hydrogens is 524 g/mol. The maximum Gasteiger partial charge on any atom is 0.408 e. The Hall–Kier alpha value is -3.75. The number of aliphatic hydroxyl groups is 2. The maximum absolute atomic E-state index is 12.7. The van der Waals surface area contributed by atoms with E-state index in [2.05, 4.69) is 31.9 Å². The molecule has 0 saturated heterocycles. The molecule has 1 aromatic carbocycles. The molecule has 40 heavy (non-hydrogen) atoms. The van der Waals surface area contributed by atoms with Gasteiger partial charge in [0.25, 0.3) is 0 Å². The molecule has 0 aromatic heterocycles. The van der Waals surface area contributed by atoms with E-state index in [1.807, 2.05) is 6.07 Å². The number of rotatable bonds is 19. The minimum Gasteiger partial charge on any atom is -0.445 e. The summed E-state index contributed by atoms with van der Waals surface area (Å²) in [6.07, 6.45) is -0.172. The predicted octanol–water partition coefficient (Wildman–Crippen LogP) is -1.73. The summed E-state index contributed by atoms with van der Waals surface area (Å²) in [5.74, 6) is -1.74. The van der Waals surface area contributed by atoms with Crippen LogP contribution < -0.4 is 31.9 Å². The number of amides is 5. The molecule has 2 unspecified atom stereocenters. The summed E-state index contributed by atoms with van der Waals surface area (Å²) in [6, 6.07) is 7.47. The lowest BCUT2D eigenvalue weighted by Gasteiger charge is -2.18. The highest BCUT2D eigenvalue weighted by atomic mass is 16.5. The van der Waals surface area contributed by atoms with Gasteiger partial charge in [0.1, 0.15) is 12.6 Å². The van der Waals surface area contributed by atoms with Crippen molar-refractivity contribution in [1.82, 2.24) is 31.9 Å². The van der Waals surface area contributed by atoms with Gasteiger partial charge in [0.05, 0.1) is 25.3 Å². The number of hydrogen-bond donors (Lipinski definition) is 8. The SMILES string of the molecule is CNC(=O)C(CCCCNC(=O)CC[C@H](NC(=O)OCc1ccccc1)C(=O)NCC(=O)NCC(O)CO)NC. The lowest BCUT2D eigenvalue weighted by molar-refractivity contribution is -0.128. The van der Waals surface area contributed by atoms with E-state index in [4.69, 9.17) is 9.84 Å². The highest BCUT2D eigenvalue weighted by Crippen LogP contribution is 2.04. The number of benzene rings is 1. The van der Waals surface area contributed by atoms with Gasteiger partial charge in [0, 0.05) is 26.6 Å². The minimum absolute atomic E-state index is 0.0224. The molecule has 14 heteroatoms. The first kappa shape index (κ1) is 34.3. The molecule has 1 rings (SSSR count). The molecule has 0 saturated carbocycles. The molecule has 0 aliphatic heterocycles. The zero-order valence-corrected chi connectivity index (χ0v) is 23.0. The number of unbranched alkanes of at least 4 members (excludes halogenated alkanes) is 1. The van der Waals surface area contributed by atoms with Gasteiger partial charge in [-0.1, -0.05) is 30.3 Å². The average molecular weight is 567 g/mol. The Kier molecular flexibility index (Phi) is 17.3. The van der Waals surface area contributed by atoms with E-state index in [1.54, 1.807) is 38.4 Å². The Bertz CT molecular complexity index is 933. The van der Waals surface area contributed by atoms with E-state index in [1.165, 1.54) is 0 Å². The summed E-state index contributed by atoms with van der Waals surface area (Å²) in [5.41, 5.74) is 0.746. The number of carbonyl (C=O) groups is 5. The Morgan fingerprint density at radius 2 is 1.60 bits per heavy atom. The van der Waals surface area contributed by atoms with E-state index in [0.29, 0.717) is 25.8 Å². The molecular formula is C26H42N6O8. The Balaban J connectivity index is 2.56. The highest BCUT2D eigenvalue weighted by Gasteiger charge is 2.23. The number of aliphatic hydroxyl groups excluding tert-OH is 2. The minimum atomic E-state index is -1.16. The van der Waals surface area contributed by atoms with Crippen molar-refractivity contribution in [3.05, 3.63) is 35.9 Å². The number of alkyl carbamates (subject to hydrolysis) is 1. The molecule has 0 aliphatic carbocycles. The number of carbonyl (C=O) groups excluding carboxylic acids is 5. The molecule has 224 valence electrons. The normalized spacial score (nSPS) is 12.8. The van der Waals surface area contributed by atoms with Crippen LogP contribution in [0.3, 0.4) is 0 Å². The van der Waals surface area contributed by atoms with Crippen molar-refractivity contribution >= 4 is 29.7 Å². The third-order valence-corrected chi connectivity index (χ3v) is 5.80. The van der Waals surface area contributed by atoms with E-state index >= 15 is 0 Å². The second-order valence-electron chi connectivity index (χ2n) is 8.96. The molecule has 0 heterocycles. The number of likely N-dealkylation sites (N-methyl/N-ethyl adjacent to an activating group) is 2. The molecule has 8 N–H and O–H groups in total. The lowest BCUT2D eigenvalue weighted by Crippen LogP contribution is -2.50. The molecule has 0 bridgehead atoms. The summed E-state index contributed by atoms with van der Waals surface area (Å²) in [6.45, 7) is -0.805. The Morgan fingerprint density at radius 1 is 0.875 bits per heavy atom. The molecule has 3 atom stereocenters. The maximum atomic E-state index is 12.7. The summed E-state index contributed by atoms with van der Waals surface area (Å²) in [7, 11) is 3.27. The second kappa shape index (κ2) is 20.2.